The third-order valence-corrected chi connectivity index (χ3v) is 5.76. The van der Waals surface area contributed by atoms with Crippen LogP contribution in [0.1, 0.15) is 5.56 Å². The molecule has 0 spiro atoms. The molecule has 0 saturated carbocycles. The quantitative estimate of drug-likeness (QED) is 0.836. The SMILES string of the molecule is COc1ccc(S(=O)(=O)N2CCN(C)CC2)c(CCN)c1. The van der Waals surface area contributed by atoms with Gasteiger partial charge in [-0.2, -0.15) is 4.31 Å². The Bertz CT molecular complexity index is 581. The number of hydrogen-bond donors (Lipinski definition) is 1. The van der Waals surface area contributed by atoms with Crippen molar-refractivity contribution >= 4 is 10.0 Å². The fourth-order valence-electron chi connectivity index (χ4n) is 2.45. The summed E-state index contributed by atoms with van der Waals surface area (Å²) < 4.78 is 32.4. The highest BCUT2D eigenvalue weighted by Crippen LogP contribution is 2.25. The number of hydrogen-bond acceptors (Lipinski definition) is 5. The number of nitrogens with two attached hydrogens (primary N) is 1. The molecule has 2 N–H and O–H groups in total. The van der Waals surface area contributed by atoms with Gasteiger partial charge in [0, 0.05) is 26.2 Å². The van der Waals surface area contributed by atoms with Crippen LogP contribution in [0.5, 0.6) is 5.75 Å². The lowest BCUT2D eigenvalue weighted by atomic mass is 10.1. The molecular weight excluding hydrogens is 290 g/mol. The van der Waals surface area contributed by atoms with Crippen LogP contribution in [0, 0.1) is 0 Å². The van der Waals surface area contributed by atoms with Gasteiger partial charge in [-0.15, -0.1) is 0 Å². The summed E-state index contributed by atoms with van der Waals surface area (Å²) in [6, 6.07) is 5.07. The van der Waals surface area contributed by atoms with Gasteiger partial charge in [0.25, 0.3) is 0 Å². The number of ether oxygens (including phenoxy) is 1. The molecule has 0 aromatic heterocycles. The predicted octanol–water partition coefficient (Wildman–Crippen LogP) is 0.133. The van der Waals surface area contributed by atoms with Crippen LogP contribution in [-0.4, -0.2) is 64.5 Å². The van der Waals surface area contributed by atoms with Gasteiger partial charge in [0.2, 0.25) is 10.0 Å². The summed E-state index contributed by atoms with van der Waals surface area (Å²) in [7, 11) is 0.0952. The molecule has 1 aromatic carbocycles. The third kappa shape index (κ3) is 3.55. The van der Waals surface area contributed by atoms with Crippen molar-refractivity contribution in [2.24, 2.45) is 5.73 Å². The molecule has 0 aliphatic carbocycles. The molecule has 7 heteroatoms. The lowest BCUT2D eigenvalue weighted by Crippen LogP contribution is -2.47. The van der Waals surface area contributed by atoms with E-state index >= 15 is 0 Å². The van der Waals surface area contributed by atoms with E-state index in [1.54, 1.807) is 29.6 Å². The Morgan fingerprint density at radius 2 is 1.90 bits per heavy atom. The minimum Gasteiger partial charge on any atom is -0.497 e. The maximum absolute atomic E-state index is 12.8. The molecule has 6 nitrogen and oxygen atoms in total. The zero-order valence-electron chi connectivity index (χ0n) is 12.6. The number of nitrogens with zero attached hydrogens (tertiary/aromatic N) is 2. The van der Waals surface area contributed by atoms with Crippen LogP contribution in [0.3, 0.4) is 0 Å². The molecule has 1 fully saturated rings. The summed E-state index contributed by atoms with van der Waals surface area (Å²) in [4.78, 5) is 2.47. The standard InChI is InChI=1S/C14H23N3O3S/c1-16-7-9-17(10-8-16)21(18,19)14-4-3-13(20-2)11-12(14)5-6-15/h3-4,11H,5-10,15H2,1-2H3. The van der Waals surface area contributed by atoms with Gasteiger partial charge >= 0.3 is 0 Å². The number of sulfonamides is 1. The van der Waals surface area contributed by atoms with E-state index in [-0.39, 0.29) is 0 Å². The monoisotopic (exact) mass is 313 g/mol. The second kappa shape index (κ2) is 6.74. The minimum atomic E-state index is -3.47. The first-order valence-corrected chi connectivity index (χ1v) is 8.48. The van der Waals surface area contributed by atoms with Crippen LogP contribution in [-0.2, 0) is 16.4 Å². The normalized spacial score (nSPS) is 17.9. The van der Waals surface area contributed by atoms with Crippen molar-refractivity contribution in [3.63, 3.8) is 0 Å². The molecule has 21 heavy (non-hydrogen) atoms. The molecule has 1 aliphatic rings. The fraction of sp³-hybridized carbons (Fsp3) is 0.571. The van der Waals surface area contributed by atoms with E-state index in [4.69, 9.17) is 10.5 Å². The van der Waals surface area contributed by atoms with Crippen molar-refractivity contribution in [3.05, 3.63) is 23.8 Å². The van der Waals surface area contributed by atoms with E-state index in [1.807, 2.05) is 7.05 Å². The zero-order valence-corrected chi connectivity index (χ0v) is 13.4. The van der Waals surface area contributed by atoms with E-state index in [1.165, 1.54) is 0 Å². The molecule has 118 valence electrons. The second-order valence-corrected chi connectivity index (χ2v) is 7.13. The van der Waals surface area contributed by atoms with Crippen LogP contribution in [0.2, 0.25) is 0 Å². The highest BCUT2D eigenvalue weighted by molar-refractivity contribution is 7.89. The van der Waals surface area contributed by atoms with Crippen molar-refractivity contribution in [2.75, 3.05) is 46.9 Å². The molecule has 1 aliphatic heterocycles. The van der Waals surface area contributed by atoms with E-state index < -0.39 is 10.0 Å². The summed E-state index contributed by atoms with van der Waals surface area (Å²) in [5.41, 5.74) is 6.32. The minimum absolute atomic E-state index is 0.346. The highest BCUT2D eigenvalue weighted by Gasteiger charge is 2.29. The first-order valence-electron chi connectivity index (χ1n) is 7.04. The van der Waals surface area contributed by atoms with E-state index in [0.717, 1.165) is 18.7 Å². The Balaban J connectivity index is 2.34. The van der Waals surface area contributed by atoms with Crippen LogP contribution in [0.4, 0.5) is 0 Å². The van der Waals surface area contributed by atoms with Crippen molar-refractivity contribution in [3.8, 4) is 5.75 Å². The molecule has 1 aromatic rings. The Morgan fingerprint density at radius 3 is 2.48 bits per heavy atom. The molecule has 2 rings (SSSR count). The predicted molar refractivity (Wildman–Crippen MR) is 82.0 cm³/mol. The van der Waals surface area contributed by atoms with Crippen molar-refractivity contribution < 1.29 is 13.2 Å². The maximum atomic E-state index is 12.8. The van der Waals surface area contributed by atoms with E-state index in [9.17, 15) is 8.42 Å². The Hall–Kier alpha value is -1.15. The van der Waals surface area contributed by atoms with Gasteiger partial charge in [-0.25, -0.2) is 8.42 Å². The number of benzene rings is 1. The molecule has 0 amide bonds. The van der Waals surface area contributed by atoms with Crippen LogP contribution < -0.4 is 10.5 Å². The molecule has 0 radical (unpaired) electrons. The smallest absolute Gasteiger partial charge is 0.243 e. The molecule has 1 saturated heterocycles. The number of piperazine rings is 1. The number of likely N-dealkylation sites (N-methyl/N-ethyl adjacent to an activating group) is 1. The average Bonchev–Trinajstić information content (AvgIpc) is 2.47. The van der Waals surface area contributed by atoms with Gasteiger partial charge < -0.3 is 15.4 Å². The first-order chi connectivity index (χ1) is 9.98. The van der Waals surface area contributed by atoms with Crippen molar-refractivity contribution in [1.29, 1.82) is 0 Å². The molecule has 0 atom stereocenters. The summed E-state index contributed by atoms with van der Waals surface area (Å²) in [6.07, 6.45) is 0.513. The second-order valence-electron chi connectivity index (χ2n) is 5.22. The molecular formula is C14H23N3O3S. The van der Waals surface area contributed by atoms with Crippen molar-refractivity contribution in [2.45, 2.75) is 11.3 Å². The van der Waals surface area contributed by atoms with Crippen LogP contribution in [0.25, 0.3) is 0 Å². The average molecular weight is 313 g/mol. The molecule has 0 bridgehead atoms. The largest absolute Gasteiger partial charge is 0.497 e. The van der Waals surface area contributed by atoms with Gasteiger partial charge in [0.15, 0.2) is 0 Å². The van der Waals surface area contributed by atoms with Crippen LogP contribution >= 0.6 is 0 Å². The van der Waals surface area contributed by atoms with Gasteiger partial charge in [0.05, 0.1) is 12.0 Å². The third-order valence-electron chi connectivity index (χ3n) is 3.76. The first kappa shape index (κ1) is 16.2. The number of rotatable bonds is 5. The lowest BCUT2D eigenvalue weighted by molar-refractivity contribution is 0.222. The van der Waals surface area contributed by atoms with E-state index in [0.29, 0.717) is 36.7 Å². The maximum Gasteiger partial charge on any atom is 0.243 e. The van der Waals surface area contributed by atoms with Gasteiger partial charge in [-0.05, 0) is 43.8 Å². The van der Waals surface area contributed by atoms with Crippen LogP contribution in [0.15, 0.2) is 23.1 Å². The zero-order chi connectivity index (χ0) is 15.5. The summed E-state index contributed by atoms with van der Waals surface area (Å²) in [5.74, 6) is 0.649. The fourth-order valence-corrected chi connectivity index (χ4v) is 4.11. The Morgan fingerprint density at radius 1 is 1.24 bits per heavy atom. The van der Waals surface area contributed by atoms with Gasteiger partial charge in [-0.3, -0.25) is 0 Å². The van der Waals surface area contributed by atoms with Crippen molar-refractivity contribution in [1.82, 2.24) is 9.21 Å². The van der Waals surface area contributed by atoms with E-state index in [2.05, 4.69) is 4.90 Å². The number of methoxy groups -OCH3 is 1. The summed E-state index contributed by atoms with van der Waals surface area (Å²) in [5, 5.41) is 0. The summed E-state index contributed by atoms with van der Waals surface area (Å²) in [6.45, 7) is 2.95. The molecule has 1 heterocycles. The Labute approximate surface area is 126 Å². The molecule has 0 unspecified atom stereocenters. The topological polar surface area (TPSA) is 75.9 Å². The highest BCUT2D eigenvalue weighted by atomic mass is 32.2. The lowest BCUT2D eigenvalue weighted by Gasteiger charge is -2.32. The summed E-state index contributed by atoms with van der Waals surface area (Å²) >= 11 is 0. The Kier molecular flexibility index (Phi) is 5.21. The van der Waals surface area contributed by atoms with Gasteiger partial charge in [0.1, 0.15) is 5.75 Å². The van der Waals surface area contributed by atoms with Gasteiger partial charge in [-0.1, -0.05) is 0 Å².